The van der Waals surface area contributed by atoms with Gasteiger partial charge in [-0.2, -0.15) is 0 Å². The average Bonchev–Trinajstić information content (AvgIpc) is 3.27. The zero-order chi connectivity index (χ0) is 22.8. The highest BCUT2D eigenvalue weighted by molar-refractivity contribution is 5.94. The van der Waals surface area contributed by atoms with Crippen LogP contribution in [0.5, 0.6) is 0 Å². The lowest BCUT2D eigenvalue weighted by molar-refractivity contribution is -0.115. The summed E-state index contributed by atoms with van der Waals surface area (Å²) in [6, 6.07) is 0.419. The molecule has 176 valence electrons. The third-order valence-electron chi connectivity index (χ3n) is 10.7. The third kappa shape index (κ3) is 3.37. The lowest BCUT2D eigenvalue weighted by atomic mass is 9.47. The van der Waals surface area contributed by atoms with E-state index in [1.807, 2.05) is 5.57 Å². The van der Waals surface area contributed by atoms with Gasteiger partial charge in [-0.15, -0.1) is 0 Å². The van der Waals surface area contributed by atoms with Crippen LogP contribution in [0.4, 0.5) is 0 Å². The number of nitrogens with one attached hydrogen (secondary N) is 1. The number of fused-ring (bicyclic) bond motifs is 5. The first-order valence-electron chi connectivity index (χ1n) is 13.3. The molecule has 3 saturated carbocycles. The van der Waals surface area contributed by atoms with Gasteiger partial charge in [0.05, 0.1) is 0 Å². The predicted octanol–water partition coefficient (Wildman–Crippen LogP) is 6.12. The van der Waals surface area contributed by atoms with Gasteiger partial charge in [-0.3, -0.25) is 4.79 Å². The Morgan fingerprint density at radius 2 is 1.78 bits per heavy atom. The van der Waals surface area contributed by atoms with Crippen LogP contribution in [-0.4, -0.2) is 11.9 Å². The molecule has 1 aliphatic heterocycles. The van der Waals surface area contributed by atoms with Crippen LogP contribution >= 0.6 is 0 Å². The maximum absolute atomic E-state index is 12.0. The summed E-state index contributed by atoms with van der Waals surface area (Å²) in [6.07, 6.45) is 17.2. The lowest BCUT2D eigenvalue weighted by Gasteiger charge is -2.58. The number of carbonyl (C=O) groups excluding carboxylic acids is 1. The van der Waals surface area contributed by atoms with Crippen molar-refractivity contribution in [3.05, 3.63) is 35.1 Å². The summed E-state index contributed by atoms with van der Waals surface area (Å²) in [6.45, 7) is 12.0. The second kappa shape index (κ2) is 7.86. The standard InChI is InChI=1S/C29H44N2O/c1-17(2)22-16-27(32)31-26(22)14-18(3)23-8-9-24-21-7-6-19-15-20(30)10-12-28(19,4)25(21)11-13-29(23,24)5/h7,14,16-20,23-25H,6,8-13,15,30H2,1-5H3,(H,31,32). The summed E-state index contributed by atoms with van der Waals surface area (Å²) in [5, 5.41) is 3.12. The van der Waals surface area contributed by atoms with E-state index >= 15 is 0 Å². The van der Waals surface area contributed by atoms with Crippen LogP contribution in [0.15, 0.2) is 35.1 Å². The number of hydrogen-bond acceptors (Lipinski definition) is 2. The first-order chi connectivity index (χ1) is 15.1. The van der Waals surface area contributed by atoms with Crippen molar-refractivity contribution in [3.8, 4) is 0 Å². The van der Waals surface area contributed by atoms with E-state index in [2.05, 4.69) is 52.1 Å². The van der Waals surface area contributed by atoms with Crippen LogP contribution in [0, 0.1) is 46.3 Å². The van der Waals surface area contributed by atoms with E-state index in [0.29, 0.717) is 34.6 Å². The van der Waals surface area contributed by atoms with Gasteiger partial charge in [-0.25, -0.2) is 0 Å². The SMILES string of the molecule is CC(C)C1=CC(=O)NC1=CC(C)C1CCC2C3=CCC4CC(N)CCC4(C)C3CCC21C. The first kappa shape index (κ1) is 22.4. The zero-order valence-electron chi connectivity index (χ0n) is 20.9. The fraction of sp³-hybridized carbons (Fsp3) is 0.759. The van der Waals surface area contributed by atoms with Gasteiger partial charge in [-0.05, 0) is 103 Å². The molecule has 0 aromatic rings. The van der Waals surface area contributed by atoms with Crippen molar-refractivity contribution in [1.82, 2.24) is 5.32 Å². The molecule has 0 aromatic heterocycles. The summed E-state index contributed by atoms with van der Waals surface area (Å²) in [4.78, 5) is 12.0. The van der Waals surface area contributed by atoms with Crippen molar-refractivity contribution >= 4 is 5.91 Å². The fourth-order valence-corrected chi connectivity index (χ4v) is 8.90. The Morgan fingerprint density at radius 3 is 2.53 bits per heavy atom. The molecule has 4 aliphatic carbocycles. The minimum Gasteiger partial charge on any atom is -0.328 e. The summed E-state index contributed by atoms with van der Waals surface area (Å²) in [5.41, 5.74) is 11.3. The molecule has 0 spiro atoms. The molecule has 8 unspecified atom stereocenters. The molecular formula is C29H44N2O. The maximum Gasteiger partial charge on any atom is 0.248 e. The Morgan fingerprint density at radius 1 is 1.06 bits per heavy atom. The molecule has 3 nitrogen and oxygen atoms in total. The van der Waals surface area contributed by atoms with E-state index in [9.17, 15) is 4.79 Å². The highest BCUT2D eigenvalue weighted by atomic mass is 16.1. The van der Waals surface area contributed by atoms with Gasteiger partial charge in [0.25, 0.3) is 0 Å². The minimum atomic E-state index is 0.0468. The van der Waals surface area contributed by atoms with E-state index < -0.39 is 0 Å². The van der Waals surface area contributed by atoms with Crippen molar-refractivity contribution in [3.63, 3.8) is 0 Å². The molecule has 8 atom stereocenters. The van der Waals surface area contributed by atoms with Gasteiger partial charge in [0.15, 0.2) is 0 Å². The van der Waals surface area contributed by atoms with Crippen LogP contribution in [0.3, 0.4) is 0 Å². The van der Waals surface area contributed by atoms with E-state index in [0.717, 1.165) is 23.5 Å². The van der Waals surface area contributed by atoms with Crippen molar-refractivity contribution in [1.29, 1.82) is 0 Å². The van der Waals surface area contributed by atoms with Gasteiger partial charge in [0.2, 0.25) is 5.91 Å². The molecule has 3 fully saturated rings. The molecule has 5 rings (SSSR count). The molecule has 0 bridgehead atoms. The Hall–Kier alpha value is -1.35. The van der Waals surface area contributed by atoms with E-state index in [4.69, 9.17) is 5.73 Å². The second-order valence-electron chi connectivity index (χ2n) is 12.7. The Labute approximate surface area is 195 Å². The molecule has 1 heterocycles. The van der Waals surface area contributed by atoms with Crippen molar-refractivity contribution in [2.45, 2.75) is 92.0 Å². The van der Waals surface area contributed by atoms with Crippen molar-refractivity contribution in [2.24, 2.45) is 52.1 Å². The Bertz CT molecular complexity index is 882. The predicted molar refractivity (Wildman–Crippen MR) is 131 cm³/mol. The molecule has 3 N–H and O–H groups in total. The number of carbonyl (C=O) groups is 1. The van der Waals surface area contributed by atoms with E-state index in [-0.39, 0.29) is 5.91 Å². The van der Waals surface area contributed by atoms with Gasteiger partial charge in [0, 0.05) is 17.8 Å². The smallest absolute Gasteiger partial charge is 0.248 e. The Balaban J connectivity index is 1.39. The monoisotopic (exact) mass is 436 g/mol. The molecular weight excluding hydrogens is 392 g/mol. The fourth-order valence-electron chi connectivity index (χ4n) is 8.90. The van der Waals surface area contributed by atoms with Crippen molar-refractivity contribution < 1.29 is 4.79 Å². The van der Waals surface area contributed by atoms with Gasteiger partial charge in [-0.1, -0.05) is 52.3 Å². The average molecular weight is 437 g/mol. The highest BCUT2D eigenvalue weighted by Gasteiger charge is 2.58. The number of nitrogens with two attached hydrogens (primary N) is 1. The Kier molecular flexibility index (Phi) is 5.51. The highest BCUT2D eigenvalue weighted by Crippen LogP contribution is 2.66. The maximum atomic E-state index is 12.0. The molecule has 0 aromatic carbocycles. The number of allylic oxidation sites excluding steroid dienone is 4. The zero-order valence-corrected chi connectivity index (χ0v) is 20.9. The van der Waals surface area contributed by atoms with E-state index in [1.54, 1.807) is 6.08 Å². The summed E-state index contributed by atoms with van der Waals surface area (Å²) < 4.78 is 0. The minimum absolute atomic E-state index is 0.0468. The molecule has 0 radical (unpaired) electrons. The number of hydrogen-bond donors (Lipinski definition) is 2. The largest absolute Gasteiger partial charge is 0.328 e. The van der Waals surface area contributed by atoms with Crippen LogP contribution in [0.25, 0.3) is 0 Å². The van der Waals surface area contributed by atoms with Crippen LogP contribution in [0.1, 0.15) is 86.0 Å². The third-order valence-corrected chi connectivity index (χ3v) is 10.7. The van der Waals surface area contributed by atoms with Crippen LogP contribution < -0.4 is 11.1 Å². The summed E-state index contributed by atoms with van der Waals surface area (Å²) >= 11 is 0. The number of amides is 1. The van der Waals surface area contributed by atoms with Crippen LogP contribution in [-0.2, 0) is 4.79 Å². The normalized spacial score (nSPS) is 45.7. The van der Waals surface area contributed by atoms with Gasteiger partial charge < -0.3 is 11.1 Å². The van der Waals surface area contributed by atoms with Crippen molar-refractivity contribution in [2.75, 3.05) is 0 Å². The van der Waals surface area contributed by atoms with Crippen LogP contribution in [0.2, 0.25) is 0 Å². The molecule has 5 aliphatic rings. The summed E-state index contributed by atoms with van der Waals surface area (Å²) in [5.74, 6) is 3.92. The molecule has 1 amide bonds. The summed E-state index contributed by atoms with van der Waals surface area (Å²) in [7, 11) is 0. The molecule has 32 heavy (non-hydrogen) atoms. The van der Waals surface area contributed by atoms with Gasteiger partial charge >= 0.3 is 0 Å². The lowest BCUT2D eigenvalue weighted by Crippen LogP contribution is -2.50. The topological polar surface area (TPSA) is 55.1 Å². The molecule has 3 heteroatoms. The first-order valence-corrected chi connectivity index (χ1v) is 13.3. The molecule has 0 saturated heterocycles. The quantitative estimate of drug-likeness (QED) is 0.523. The second-order valence-corrected chi connectivity index (χ2v) is 12.7. The van der Waals surface area contributed by atoms with Gasteiger partial charge in [0.1, 0.15) is 0 Å². The number of rotatable bonds is 3. The van der Waals surface area contributed by atoms with E-state index in [1.165, 1.54) is 56.9 Å².